The SMILES string of the molecule is C=CCCC(=O)NC[C@H](C)OC(=O)[C@@H]1[C@H]2O[C@@]3(CC2Br)[C@H](C(=O)N(CC=C)Cn2nnc4ccccc42)N(CCCO)C(=O)[C@@H]13. The van der Waals surface area contributed by atoms with Crippen LogP contribution in [0.1, 0.15) is 32.6 Å². The van der Waals surface area contributed by atoms with Crippen molar-refractivity contribution in [3.63, 3.8) is 0 Å². The van der Waals surface area contributed by atoms with Gasteiger partial charge in [0.2, 0.25) is 17.7 Å². The highest BCUT2D eigenvalue weighted by Gasteiger charge is 2.77. The molecule has 242 valence electrons. The third-order valence-electron chi connectivity index (χ3n) is 8.72. The Morgan fingerprint density at radius 3 is 2.82 bits per heavy atom. The van der Waals surface area contributed by atoms with Gasteiger partial charge in [-0.1, -0.05) is 45.4 Å². The minimum absolute atomic E-state index is 0.0489. The van der Waals surface area contributed by atoms with Crippen molar-refractivity contribution < 1.29 is 33.8 Å². The lowest BCUT2D eigenvalue weighted by Gasteiger charge is -2.37. The maximum Gasteiger partial charge on any atom is 0.312 e. The molecule has 3 saturated heterocycles. The first-order valence-electron chi connectivity index (χ1n) is 15.2. The molecule has 0 aliphatic carbocycles. The van der Waals surface area contributed by atoms with E-state index in [4.69, 9.17) is 9.47 Å². The van der Waals surface area contributed by atoms with Crippen LogP contribution in [0.25, 0.3) is 11.0 Å². The van der Waals surface area contributed by atoms with Crippen LogP contribution in [0.4, 0.5) is 0 Å². The molecular weight excluding hydrogens is 648 g/mol. The van der Waals surface area contributed by atoms with Crippen LogP contribution in [0.3, 0.4) is 0 Å². The summed E-state index contributed by atoms with van der Waals surface area (Å²) in [6, 6.07) is 6.33. The fraction of sp³-hybridized carbons (Fsp3) is 0.548. The Hall–Kier alpha value is -3.62. The Bertz CT molecular complexity index is 1470. The van der Waals surface area contributed by atoms with Gasteiger partial charge in [-0.2, -0.15) is 0 Å². The number of amides is 3. The topological polar surface area (TPSA) is 156 Å². The predicted octanol–water partition coefficient (Wildman–Crippen LogP) is 1.55. The molecule has 3 fully saturated rings. The van der Waals surface area contributed by atoms with Crippen molar-refractivity contribution in [2.75, 3.05) is 26.2 Å². The van der Waals surface area contributed by atoms with Gasteiger partial charge < -0.3 is 29.7 Å². The average Bonchev–Trinajstić information content (AvgIpc) is 3.74. The number of rotatable bonds is 15. The summed E-state index contributed by atoms with van der Waals surface area (Å²) in [5, 5.41) is 20.8. The lowest BCUT2D eigenvalue weighted by Crippen LogP contribution is -2.57. The van der Waals surface area contributed by atoms with Crippen molar-refractivity contribution in [1.29, 1.82) is 0 Å². The van der Waals surface area contributed by atoms with Crippen LogP contribution in [-0.4, -0.2) is 109 Å². The number of fused-ring (bicyclic) bond motifs is 2. The van der Waals surface area contributed by atoms with Gasteiger partial charge in [-0.3, -0.25) is 19.2 Å². The van der Waals surface area contributed by atoms with Crippen LogP contribution in [0, 0.1) is 11.8 Å². The molecule has 3 aliphatic heterocycles. The van der Waals surface area contributed by atoms with E-state index in [0.717, 1.165) is 5.52 Å². The summed E-state index contributed by atoms with van der Waals surface area (Å²) in [4.78, 5) is 57.1. The summed E-state index contributed by atoms with van der Waals surface area (Å²) in [5.74, 6) is -3.49. The summed E-state index contributed by atoms with van der Waals surface area (Å²) in [7, 11) is 0. The molecule has 0 radical (unpaired) electrons. The number of allylic oxidation sites excluding steroid dienone is 1. The lowest BCUT2D eigenvalue weighted by atomic mass is 9.70. The fourth-order valence-electron chi connectivity index (χ4n) is 6.79. The fourth-order valence-corrected chi connectivity index (χ4v) is 7.73. The molecule has 1 spiro atoms. The standard InChI is InChI=1S/C31H39BrN6O7/c1-4-6-12-23(40)33-17-19(3)44-30(43)24-25-28(41)37(14-9-15-39)27(31(25)16-20(32)26(24)45-31)29(42)36(13-5-2)18-38-22-11-8-7-10-21(22)34-35-38/h4-5,7-8,10-11,19-20,24-27,39H,1-2,6,9,12-18H2,3H3,(H,33,40)/t19-,20?,24-,25+,26-,27-,31+/m0/s1. The maximum absolute atomic E-state index is 14.5. The van der Waals surface area contributed by atoms with Gasteiger partial charge in [-0.05, 0) is 38.3 Å². The first kappa shape index (κ1) is 32.8. The van der Waals surface area contributed by atoms with E-state index in [-0.39, 0.29) is 68.3 Å². The zero-order valence-corrected chi connectivity index (χ0v) is 26.8. The second kappa shape index (κ2) is 13.8. The number of ether oxygens (including phenoxy) is 2. The van der Waals surface area contributed by atoms with E-state index in [1.165, 1.54) is 9.80 Å². The van der Waals surface area contributed by atoms with Gasteiger partial charge in [0.1, 0.15) is 29.9 Å². The highest BCUT2D eigenvalue weighted by atomic mass is 79.9. The van der Waals surface area contributed by atoms with E-state index in [9.17, 15) is 24.3 Å². The number of aliphatic hydroxyl groups is 1. The molecule has 2 bridgehead atoms. The number of aromatic nitrogens is 3. The number of hydrogen-bond donors (Lipinski definition) is 2. The Morgan fingerprint density at radius 1 is 1.31 bits per heavy atom. The number of nitrogens with zero attached hydrogens (tertiary/aromatic N) is 5. The monoisotopic (exact) mass is 686 g/mol. The molecule has 3 aliphatic rings. The summed E-state index contributed by atoms with van der Waals surface area (Å²) in [5.41, 5.74) is 0.120. The van der Waals surface area contributed by atoms with Gasteiger partial charge in [0.05, 0.1) is 30.0 Å². The highest BCUT2D eigenvalue weighted by Crippen LogP contribution is 2.60. The number of hydrogen-bond acceptors (Lipinski definition) is 9. The predicted molar refractivity (Wildman–Crippen MR) is 167 cm³/mol. The minimum atomic E-state index is -1.29. The van der Waals surface area contributed by atoms with E-state index in [0.29, 0.717) is 18.4 Å². The summed E-state index contributed by atoms with van der Waals surface area (Å²) in [6.07, 6.45) is 3.28. The van der Waals surface area contributed by atoms with Crippen molar-refractivity contribution in [2.45, 2.75) is 68.0 Å². The van der Waals surface area contributed by atoms with Crippen molar-refractivity contribution in [3.05, 3.63) is 49.6 Å². The average molecular weight is 688 g/mol. The van der Waals surface area contributed by atoms with Crippen LogP contribution < -0.4 is 5.32 Å². The van der Waals surface area contributed by atoms with Crippen LogP contribution >= 0.6 is 15.9 Å². The van der Waals surface area contributed by atoms with Crippen LogP contribution in [-0.2, 0) is 35.3 Å². The van der Waals surface area contributed by atoms with E-state index in [1.54, 1.807) is 23.8 Å². The molecule has 13 nitrogen and oxygen atoms in total. The first-order chi connectivity index (χ1) is 21.7. The smallest absolute Gasteiger partial charge is 0.312 e. The van der Waals surface area contributed by atoms with Gasteiger partial charge in [-0.25, -0.2) is 4.68 Å². The molecule has 2 aromatic rings. The van der Waals surface area contributed by atoms with Crippen molar-refractivity contribution in [3.8, 4) is 0 Å². The molecule has 2 N–H and O–H groups in total. The molecule has 0 saturated carbocycles. The number of esters is 1. The number of halogens is 1. The number of nitrogens with one attached hydrogen (secondary N) is 1. The van der Waals surface area contributed by atoms with Crippen LogP contribution in [0.5, 0.6) is 0 Å². The largest absolute Gasteiger partial charge is 0.460 e. The molecule has 1 aromatic carbocycles. The Labute approximate surface area is 269 Å². The number of para-hydroxylation sites is 1. The van der Waals surface area contributed by atoms with Crippen molar-refractivity contribution in [2.24, 2.45) is 11.8 Å². The van der Waals surface area contributed by atoms with Crippen LogP contribution in [0.2, 0.25) is 0 Å². The molecule has 1 unspecified atom stereocenters. The second-order valence-electron chi connectivity index (χ2n) is 11.7. The first-order valence-corrected chi connectivity index (χ1v) is 16.1. The number of likely N-dealkylation sites (tertiary alicyclic amines) is 1. The molecule has 3 amide bonds. The summed E-state index contributed by atoms with van der Waals surface area (Å²) in [6.45, 7) is 9.34. The molecule has 45 heavy (non-hydrogen) atoms. The van der Waals surface area contributed by atoms with Crippen LogP contribution in [0.15, 0.2) is 49.6 Å². The zero-order valence-electron chi connectivity index (χ0n) is 25.2. The number of alkyl halides is 1. The van der Waals surface area contributed by atoms with Crippen molar-refractivity contribution in [1.82, 2.24) is 30.1 Å². The molecule has 1 aromatic heterocycles. The number of carbonyl (C=O) groups is 4. The number of carbonyl (C=O) groups excluding carboxylic acids is 4. The number of aliphatic hydroxyl groups excluding tert-OH is 1. The highest BCUT2D eigenvalue weighted by molar-refractivity contribution is 9.09. The zero-order chi connectivity index (χ0) is 32.3. The maximum atomic E-state index is 14.5. The van der Waals surface area contributed by atoms with E-state index < -0.39 is 41.7 Å². The summed E-state index contributed by atoms with van der Waals surface area (Å²) < 4.78 is 13.9. The molecule has 14 heteroatoms. The molecule has 4 heterocycles. The molecular formula is C31H39BrN6O7. The van der Waals surface area contributed by atoms with Gasteiger partial charge in [0, 0.05) is 30.9 Å². The Morgan fingerprint density at radius 2 is 2.09 bits per heavy atom. The Kier molecular flexibility index (Phi) is 10.0. The Balaban J connectivity index is 1.41. The third kappa shape index (κ3) is 6.15. The van der Waals surface area contributed by atoms with Gasteiger partial charge in [0.15, 0.2) is 0 Å². The minimum Gasteiger partial charge on any atom is -0.460 e. The van der Waals surface area contributed by atoms with Gasteiger partial charge in [-0.15, -0.1) is 18.3 Å². The number of benzene rings is 1. The second-order valence-corrected chi connectivity index (χ2v) is 12.9. The van der Waals surface area contributed by atoms with Crippen molar-refractivity contribution >= 4 is 50.7 Å². The van der Waals surface area contributed by atoms with E-state index in [1.807, 2.05) is 24.3 Å². The summed E-state index contributed by atoms with van der Waals surface area (Å²) >= 11 is 3.66. The van der Waals surface area contributed by atoms with E-state index in [2.05, 4.69) is 44.7 Å². The van der Waals surface area contributed by atoms with Gasteiger partial charge >= 0.3 is 5.97 Å². The third-order valence-corrected chi connectivity index (χ3v) is 9.56. The lowest BCUT2D eigenvalue weighted by molar-refractivity contribution is -0.159. The van der Waals surface area contributed by atoms with Gasteiger partial charge in [0.25, 0.3) is 0 Å². The normalized spacial score (nSPS) is 27.3. The molecule has 5 rings (SSSR count). The quantitative estimate of drug-likeness (QED) is 0.161. The molecule has 7 atom stereocenters. The van der Waals surface area contributed by atoms with E-state index >= 15 is 0 Å².